The van der Waals surface area contributed by atoms with Crippen molar-refractivity contribution >= 4 is 15.9 Å². The van der Waals surface area contributed by atoms with E-state index in [0.29, 0.717) is 13.1 Å². The summed E-state index contributed by atoms with van der Waals surface area (Å²) >= 11 is 0. The Bertz CT molecular complexity index is 1160. The molecule has 1 amide bonds. The van der Waals surface area contributed by atoms with Crippen LogP contribution in [0.2, 0.25) is 0 Å². The zero-order valence-corrected chi connectivity index (χ0v) is 18.0. The molecular formula is C22H21F3N2O4S. The maximum atomic E-state index is 12.9. The van der Waals surface area contributed by atoms with Crippen molar-refractivity contribution in [2.75, 3.05) is 26.7 Å². The van der Waals surface area contributed by atoms with E-state index in [1.165, 1.54) is 41.7 Å². The number of ether oxygens (including phenoxy) is 1. The maximum Gasteiger partial charge on any atom is 0.416 e. The summed E-state index contributed by atoms with van der Waals surface area (Å²) in [7, 11) is -2.46. The molecule has 0 aromatic heterocycles. The Kier molecular flexibility index (Phi) is 7.11. The van der Waals surface area contributed by atoms with E-state index in [4.69, 9.17) is 4.74 Å². The Morgan fingerprint density at radius 2 is 1.88 bits per heavy atom. The minimum atomic E-state index is -4.46. The third-order valence-electron chi connectivity index (χ3n) is 4.87. The van der Waals surface area contributed by atoms with Gasteiger partial charge in [-0.05, 0) is 49.2 Å². The lowest BCUT2D eigenvalue weighted by Crippen LogP contribution is -2.29. The molecule has 0 bridgehead atoms. The Hall–Kier alpha value is -3.03. The summed E-state index contributed by atoms with van der Waals surface area (Å²) < 4.78 is 70.6. The van der Waals surface area contributed by atoms with Gasteiger partial charge < -0.3 is 10.1 Å². The van der Waals surface area contributed by atoms with Gasteiger partial charge in [-0.3, -0.25) is 4.79 Å². The summed E-state index contributed by atoms with van der Waals surface area (Å²) in [6.45, 7) is 0.690. The van der Waals surface area contributed by atoms with Crippen LogP contribution in [0.1, 0.15) is 34.3 Å². The molecule has 2 aromatic rings. The zero-order chi connectivity index (χ0) is 23.4. The Morgan fingerprint density at radius 1 is 1.16 bits per heavy atom. The summed E-state index contributed by atoms with van der Waals surface area (Å²) in [6.07, 6.45) is -2.92. The minimum Gasteiger partial charge on any atom is -0.495 e. The number of sulfonamides is 1. The lowest BCUT2D eigenvalue weighted by atomic mass is 10.1. The van der Waals surface area contributed by atoms with Crippen molar-refractivity contribution in [3.63, 3.8) is 0 Å². The first-order chi connectivity index (χ1) is 15.1. The molecule has 1 aliphatic heterocycles. The Labute approximate surface area is 184 Å². The van der Waals surface area contributed by atoms with Crippen molar-refractivity contribution in [2.45, 2.75) is 23.9 Å². The van der Waals surface area contributed by atoms with E-state index in [1.54, 1.807) is 0 Å². The Morgan fingerprint density at radius 3 is 2.53 bits per heavy atom. The number of carbonyl (C=O) groups is 1. The van der Waals surface area contributed by atoms with E-state index in [1.807, 2.05) is 0 Å². The molecule has 0 radical (unpaired) electrons. The normalized spacial score (nSPS) is 14.5. The number of methoxy groups -OCH3 is 1. The van der Waals surface area contributed by atoms with Gasteiger partial charge in [0.2, 0.25) is 10.0 Å². The fourth-order valence-corrected chi connectivity index (χ4v) is 4.93. The van der Waals surface area contributed by atoms with Crippen LogP contribution in [0.3, 0.4) is 0 Å². The second-order valence-electron chi connectivity index (χ2n) is 7.04. The topological polar surface area (TPSA) is 75.7 Å². The molecule has 0 unspecified atom stereocenters. The molecule has 0 aliphatic carbocycles. The van der Waals surface area contributed by atoms with E-state index in [-0.39, 0.29) is 28.3 Å². The van der Waals surface area contributed by atoms with Gasteiger partial charge in [-0.1, -0.05) is 17.9 Å². The van der Waals surface area contributed by atoms with Crippen LogP contribution in [0.5, 0.6) is 5.75 Å². The van der Waals surface area contributed by atoms with Crippen LogP contribution >= 0.6 is 0 Å². The van der Waals surface area contributed by atoms with Crippen LogP contribution in [-0.4, -0.2) is 45.4 Å². The van der Waals surface area contributed by atoms with Gasteiger partial charge in [0.1, 0.15) is 10.6 Å². The van der Waals surface area contributed by atoms with Crippen molar-refractivity contribution in [1.29, 1.82) is 0 Å². The number of rotatable bonds is 5. The average Bonchev–Trinajstić information content (AvgIpc) is 3.31. The lowest BCUT2D eigenvalue weighted by Gasteiger charge is -2.18. The minimum absolute atomic E-state index is 0.0930. The average molecular weight is 466 g/mol. The lowest BCUT2D eigenvalue weighted by molar-refractivity contribution is -0.137. The number of alkyl halides is 3. The molecule has 10 heteroatoms. The number of benzene rings is 2. The van der Waals surface area contributed by atoms with Crippen LogP contribution in [0, 0.1) is 11.8 Å². The van der Waals surface area contributed by atoms with Gasteiger partial charge in [-0.2, -0.15) is 17.5 Å². The number of nitrogens with zero attached hydrogens (tertiary/aromatic N) is 1. The molecule has 1 saturated heterocycles. The standard InChI is InChI=1S/C22H21F3N2O4S/c1-31-19-10-9-17(15-20(19)32(29,30)27-12-2-3-13-27)21(28)26-11-5-7-16-6-4-8-18(14-16)22(23,24)25/h4,6,8-10,14-15H,2-3,11-13H2,1H3,(H,26,28). The first kappa shape index (κ1) is 23.6. The molecule has 1 N–H and O–H groups in total. The molecule has 1 fully saturated rings. The number of hydrogen-bond donors (Lipinski definition) is 1. The fourth-order valence-electron chi connectivity index (χ4n) is 3.23. The second kappa shape index (κ2) is 9.63. The van der Waals surface area contributed by atoms with Crippen molar-refractivity contribution < 1.29 is 31.1 Å². The Balaban J connectivity index is 1.72. The summed E-state index contributed by atoms with van der Waals surface area (Å²) in [5.41, 5.74) is -0.541. The molecule has 2 aromatic carbocycles. The molecule has 6 nitrogen and oxygen atoms in total. The molecule has 170 valence electrons. The second-order valence-corrected chi connectivity index (χ2v) is 8.95. The number of amides is 1. The van der Waals surface area contributed by atoms with Crippen molar-refractivity contribution in [1.82, 2.24) is 9.62 Å². The van der Waals surface area contributed by atoms with Crippen LogP contribution in [0.25, 0.3) is 0 Å². The van der Waals surface area contributed by atoms with E-state index in [9.17, 15) is 26.4 Å². The van der Waals surface area contributed by atoms with E-state index < -0.39 is 27.7 Å². The third kappa shape index (κ3) is 5.41. The van der Waals surface area contributed by atoms with E-state index in [2.05, 4.69) is 17.2 Å². The highest BCUT2D eigenvalue weighted by Gasteiger charge is 2.31. The van der Waals surface area contributed by atoms with Crippen LogP contribution < -0.4 is 10.1 Å². The smallest absolute Gasteiger partial charge is 0.416 e. The van der Waals surface area contributed by atoms with Crippen LogP contribution in [-0.2, 0) is 16.2 Å². The molecule has 0 spiro atoms. The molecule has 0 atom stereocenters. The monoisotopic (exact) mass is 466 g/mol. The first-order valence-electron chi connectivity index (χ1n) is 9.75. The molecule has 1 aliphatic rings. The highest BCUT2D eigenvalue weighted by Crippen LogP contribution is 2.30. The molecule has 0 saturated carbocycles. The number of carbonyl (C=O) groups excluding carboxylic acids is 1. The van der Waals surface area contributed by atoms with Crippen molar-refractivity contribution in [2.24, 2.45) is 0 Å². The van der Waals surface area contributed by atoms with Gasteiger partial charge in [0.15, 0.2) is 0 Å². The zero-order valence-electron chi connectivity index (χ0n) is 17.2. The van der Waals surface area contributed by atoms with Crippen LogP contribution in [0.15, 0.2) is 47.4 Å². The molecule has 32 heavy (non-hydrogen) atoms. The highest BCUT2D eigenvalue weighted by atomic mass is 32.2. The molecule has 3 rings (SSSR count). The number of halogens is 3. The van der Waals surface area contributed by atoms with Gasteiger partial charge >= 0.3 is 6.18 Å². The summed E-state index contributed by atoms with van der Waals surface area (Å²) in [6, 6.07) is 8.65. The van der Waals surface area contributed by atoms with Gasteiger partial charge in [-0.25, -0.2) is 8.42 Å². The van der Waals surface area contributed by atoms with E-state index >= 15 is 0 Å². The maximum absolute atomic E-state index is 12.9. The van der Waals surface area contributed by atoms with Gasteiger partial charge in [0, 0.05) is 24.2 Å². The van der Waals surface area contributed by atoms with Gasteiger partial charge in [0.25, 0.3) is 5.91 Å². The molecular weight excluding hydrogens is 445 g/mol. The quantitative estimate of drug-likeness (QED) is 0.687. The first-order valence-corrected chi connectivity index (χ1v) is 11.2. The predicted octanol–water partition coefficient (Wildman–Crippen LogP) is 3.28. The van der Waals surface area contributed by atoms with Crippen molar-refractivity contribution in [3.8, 4) is 17.6 Å². The molecule has 1 heterocycles. The fraction of sp³-hybridized carbons (Fsp3) is 0.318. The summed E-state index contributed by atoms with van der Waals surface area (Å²) in [5, 5.41) is 2.52. The number of nitrogens with one attached hydrogen (secondary N) is 1. The SMILES string of the molecule is COc1ccc(C(=O)NCC#Cc2cccc(C(F)(F)F)c2)cc1S(=O)(=O)N1CCCC1. The predicted molar refractivity (Wildman–Crippen MR) is 112 cm³/mol. The summed E-state index contributed by atoms with van der Waals surface area (Å²) in [5.74, 6) is 4.73. The summed E-state index contributed by atoms with van der Waals surface area (Å²) in [4.78, 5) is 12.4. The van der Waals surface area contributed by atoms with Gasteiger partial charge in [0.05, 0.1) is 19.2 Å². The largest absolute Gasteiger partial charge is 0.495 e. The van der Waals surface area contributed by atoms with Crippen molar-refractivity contribution in [3.05, 3.63) is 59.2 Å². The van der Waals surface area contributed by atoms with E-state index in [0.717, 1.165) is 25.0 Å². The van der Waals surface area contributed by atoms with Gasteiger partial charge in [-0.15, -0.1) is 0 Å². The number of hydrogen-bond acceptors (Lipinski definition) is 4. The van der Waals surface area contributed by atoms with Crippen LogP contribution in [0.4, 0.5) is 13.2 Å². The third-order valence-corrected chi connectivity index (χ3v) is 6.79. The highest BCUT2D eigenvalue weighted by molar-refractivity contribution is 7.89.